The number of aryl methyl sites for hydroxylation is 3. The molecule has 3 aromatic rings. The molecule has 0 aliphatic rings. The lowest BCUT2D eigenvalue weighted by atomic mass is 10.0. The Morgan fingerprint density at radius 3 is 2.44 bits per heavy atom. The van der Waals surface area contributed by atoms with Crippen molar-refractivity contribution in [1.82, 2.24) is 15.0 Å². The Balaban J connectivity index is 1.48. The van der Waals surface area contributed by atoms with Gasteiger partial charge in [-0.1, -0.05) is 27.7 Å². The summed E-state index contributed by atoms with van der Waals surface area (Å²) in [7, 11) is 0. The van der Waals surface area contributed by atoms with Gasteiger partial charge >= 0.3 is 0 Å². The topological polar surface area (TPSA) is 51.8 Å². The highest BCUT2D eigenvalue weighted by Crippen LogP contribution is 2.27. The van der Waals surface area contributed by atoms with Crippen LogP contribution in [-0.2, 0) is 12.8 Å². The summed E-state index contributed by atoms with van der Waals surface area (Å²) in [6.07, 6.45) is 7.90. The van der Waals surface area contributed by atoms with Gasteiger partial charge in [-0.3, -0.25) is 0 Å². The van der Waals surface area contributed by atoms with E-state index in [2.05, 4.69) is 43.0 Å². The van der Waals surface area contributed by atoms with Gasteiger partial charge in [-0.2, -0.15) is 0 Å². The average molecular weight is 404 g/mol. The first-order valence-electron chi connectivity index (χ1n) is 9.73. The quantitative estimate of drug-likeness (QED) is 0.409. The Hall–Kier alpha value is -1.53. The van der Waals surface area contributed by atoms with E-state index < -0.39 is 0 Å². The van der Waals surface area contributed by atoms with Gasteiger partial charge in [0.05, 0.1) is 15.7 Å². The number of aromatic nitrogens is 3. The molecule has 3 heterocycles. The third-order valence-electron chi connectivity index (χ3n) is 4.77. The predicted molar refractivity (Wildman–Crippen MR) is 113 cm³/mol. The second-order valence-electron chi connectivity index (χ2n) is 7.70. The van der Waals surface area contributed by atoms with E-state index >= 15 is 0 Å². The lowest BCUT2D eigenvalue weighted by molar-refractivity contribution is 0.446. The Kier molecular flexibility index (Phi) is 6.82. The first-order valence-corrected chi connectivity index (χ1v) is 11.4. The third-order valence-corrected chi connectivity index (χ3v) is 7.32. The number of oxazole rings is 1. The summed E-state index contributed by atoms with van der Waals surface area (Å²) in [6.45, 7) is 10.9. The molecule has 0 saturated carbocycles. The van der Waals surface area contributed by atoms with Crippen molar-refractivity contribution in [3.63, 3.8) is 0 Å². The summed E-state index contributed by atoms with van der Waals surface area (Å²) in [5, 5.41) is 4.56. The molecule has 0 aliphatic carbocycles. The molecular formula is C21H29N3OS2. The maximum Gasteiger partial charge on any atom is 0.197 e. The molecule has 0 radical (unpaired) electrons. The molecule has 0 bridgehead atoms. The first-order chi connectivity index (χ1) is 12.9. The van der Waals surface area contributed by atoms with Crippen LogP contribution in [0.15, 0.2) is 22.3 Å². The van der Waals surface area contributed by atoms with Gasteiger partial charge in [0.1, 0.15) is 6.26 Å². The van der Waals surface area contributed by atoms with E-state index in [1.54, 1.807) is 11.3 Å². The Morgan fingerprint density at radius 2 is 1.78 bits per heavy atom. The standard InChI is InChI=1S/C21H29N3OS2/c1-13(2)20-22-10-18(27-20)9-7-14(3)19-24-17(11-25-19)8-6-15(4)21-23-16(5)12-26-21/h10-15H,6-9H2,1-5H3. The number of rotatable bonds is 9. The van der Waals surface area contributed by atoms with Gasteiger partial charge in [-0.15, -0.1) is 22.7 Å². The van der Waals surface area contributed by atoms with Gasteiger partial charge < -0.3 is 4.42 Å². The lowest BCUT2D eigenvalue weighted by Crippen LogP contribution is -1.99. The monoisotopic (exact) mass is 403 g/mol. The van der Waals surface area contributed by atoms with Crippen LogP contribution in [0.5, 0.6) is 0 Å². The molecule has 146 valence electrons. The smallest absolute Gasteiger partial charge is 0.197 e. The summed E-state index contributed by atoms with van der Waals surface area (Å²) >= 11 is 3.58. The fourth-order valence-electron chi connectivity index (χ4n) is 2.94. The minimum Gasteiger partial charge on any atom is -0.448 e. The van der Waals surface area contributed by atoms with Crippen molar-refractivity contribution in [3.8, 4) is 0 Å². The molecule has 27 heavy (non-hydrogen) atoms. The fraction of sp³-hybridized carbons (Fsp3) is 0.571. The van der Waals surface area contributed by atoms with Crippen molar-refractivity contribution in [2.24, 2.45) is 0 Å². The first kappa shape index (κ1) is 20.2. The predicted octanol–water partition coefficient (Wildman–Crippen LogP) is 6.49. The maximum absolute atomic E-state index is 5.76. The lowest BCUT2D eigenvalue weighted by Gasteiger charge is -2.06. The van der Waals surface area contributed by atoms with Gasteiger partial charge in [0.2, 0.25) is 0 Å². The van der Waals surface area contributed by atoms with Crippen LogP contribution in [0.3, 0.4) is 0 Å². The average Bonchev–Trinajstić information content (AvgIpc) is 3.37. The molecule has 0 N–H and O–H groups in total. The molecular weight excluding hydrogens is 374 g/mol. The van der Waals surface area contributed by atoms with Crippen LogP contribution in [0.2, 0.25) is 0 Å². The van der Waals surface area contributed by atoms with Crippen molar-refractivity contribution < 1.29 is 4.42 Å². The fourth-order valence-corrected chi connectivity index (χ4v) is 4.76. The Bertz CT molecular complexity index is 849. The van der Waals surface area contributed by atoms with Crippen molar-refractivity contribution in [1.29, 1.82) is 0 Å². The van der Waals surface area contributed by atoms with E-state index in [1.165, 1.54) is 14.9 Å². The van der Waals surface area contributed by atoms with Crippen LogP contribution < -0.4 is 0 Å². The van der Waals surface area contributed by atoms with Crippen molar-refractivity contribution in [2.45, 2.75) is 78.1 Å². The highest BCUT2D eigenvalue weighted by atomic mass is 32.1. The van der Waals surface area contributed by atoms with Crippen LogP contribution in [0.25, 0.3) is 0 Å². The minimum absolute atomic E-state index is 0.322. The molecule has 0 aromatic carbocycles. The molecule has 0 spiro atoms. The van der Waals surface area contributed by atoms with Crippen LogP contribution in [-0.4, -0.2) is 15.0 Å². The molecule has 3 rings (SSSR count). The molecule has 3 aromatic heterocycles. The second kappa shape index (κ2) is 9.11. The zero-order valence-corrected chi connectivity index (χ0v) is 18.5. The minimum atomic E-state index is 0.322. The van der Waals surface area contributed by atoms with Gasteiger partial charge in [0.25, 0.3) is 0 Å². The summed E-state index contributed by atoms with van der Waals surface area (Å²) in [6, 6.07) is 0. The Morgan fingerprint density at radius 1 is 1.00 bits per heavy atom. The largest absolute Gasteiger partial charge is 0.448 e. The highest BCUT2D eigenvalue weighted by molar-refractivity contribution is 7.11. The summed E-state index contributed by atoms with van der Waals surface area (Å²) in [4.78, 5) is 15.2. The van der Waals surface area contributed by atoms with Crippen LogP contribution in [0.1, 0.15) is 90.5 Å². The second-order valence-corrected chi connectivity index (χ2v) is 9.74. The van der Waals surface area contributed by atoms with Crippen molar-refractivity contribution >= 4 is 22.7 Å². The summed E-state index contributed by atoms with van der Waals surface area (Å²) in [5.74, 6) is 2.15. The van der Waals surface area contributed by atoms with Gasteiger partial charge in [0.15, 0.2) is 5.89 Å². The number of thiazole rings is 2. The molecule has 0 saturated heterocycles. The van der Waals surface area contributed by atoms with E-state index in [0.29, 0.717) is 17.8 Å². The van der Waals surface area contributed by atoms with E-state index in [-0.39, 0.29) is 0 Å². The molecule has 6 heteroatoms. The normalized spacial score (nSPS) is 14.0. The van der Waals surface area contributed by atoms with Gasteiger partial charge in [0, 0.05) is 39.9 Å². The van der Waals surface area contributed by atoms with E-state index in [0.717, 1.165) is 43.0 Å². The molecule has 0 amide bonds. The van der Waals surface area contributed by atoms with E-state index in [4.69, 9.17) is 9.40 Å². The highest BCUT2D eigenvalue weighted by Gasteiger charge is 2.16. The number of nitrogens with zero attached hydrogens (tertiary/aromatic N) is 3. The van der Waals surface area contributed by atoms with Gasteiger partial charge in [-0.25, -0.2) is 15.0 Å². The molecule has 0 fully saturated rings. The van der Waals surface area contributed by atoms with E-state index in [1.807, 2.05) is 30.7 Å². The molecule has 4 nitrogen and oxygen atoms in total. The van der Waals surface area contributed by atoms with Gasteiger partial charge in [-0.05, 0) is 32.6 Å². The molecule has 2 atom stereocenters. The zero-order chi connectivity index (χ0) is 19.4. The number of hydrogen-bond donors (Lipinski definition) is 0. The van der Waals surface area contributed by atoms with Crippen LogP contribution in [0, 0.1) is 6.92 Å². The maximum atomic E-state index is 5.76. The molecule has 0 aliphatic heterocycles. The zero-order valence-electron chi connectivity index (χ0n) is 16.9. The SMILES string of the molecule is Cc1csc(C(C)CCc2coc(C(C)CCc3cnc(C(C)C)s3)n2)n1. The van der Waals surface area contributed by atoms with Crippen LogP contribution in [0.4, 0.5) is 0 Å². The van der Waals surface area contributed by atoms with Crippen molar-refractivity contribution in [3.05, 3.63) is 50.0 Å². The summed E-state index contributed by atoms with van der Waals surface area (Å²) in [5.41, 5.74) is 2.16. The van der Waals surface area contributed by atoms with E-state index in [9.17, 15) is 0 Å². The van der Waals surface area contributed by atoms with Crippen molar-refractivity contribution in [2.75, 3.05) is 0 Å². The van der Waals surface area contributed by atoms with Crippen LogP contribution >= 0.6 is 22.7 Å². The third kappa shape index (κ3) is 5.48. The summed E-state index contributed by atoms with van der Waals surface area (Å²) < 4.78 is 5.76. The number of hydrogen-bond acceptors (Lipinski definition) is 6. The Labute approximate surface area is 170 Å². The molecule has 2 unspecified atom stereocenters.